The van der Waals surface area contributed by atoms with Crippen molar-refractivity contribution in [3.63, 3.8) is 0 Å². The van der Waals surface area contributed by atoms with E-state index in [1.165, 1.54) is 4.88 Å². The van der Waals surface area contributed by atoms with E-state index in [2.05, 4.69) is 20.8 Å². The standard InChI is InChI=1S/C9H14OS/c1-6-7(10)5-8(11-6)9(2,3)4/h5,10H,1-4H3. The maximum Gasteiger partial charge on any atom is 0.129 e. The smallest absolute Gasteiger partial charge is 0.129 e. The fraction of sp³-hybridized carbons (Fsp3) is 0.556. The van der Waals surface area contributed by atoms with Crippen LogP contribution in [0.3, 0.4) is 0 Å². The van der Waals surface area contributed by atoms with Crippen molar-refractivity contribution >= 4 is 11.3 Å². The first-order chi connectivity index (χ1) is 4.91. The third-order valence-electron chi connectivity index (χ3n) is 1.63. The normalized spacial score (nSPS) is 12.0. The van der Waals surface area contributed by atoms with Crippen LogP contribution < -0.4 is 0 Å². The molecule has 0 fully saturated rings. The van der Waals surface area contributed by atoms with Crippen LogP contribution in [0.15, 0.2) is 6.07 Å². The van der Waals surface area contributed by atoms with Crippen molar-refractivity contribution in [2.24, 2.45) is 0 Å². The summed E-state index contributed by atoms with van der Waals surface area (Å²) in [5.74, 6) is 0.430. The van der Waals surface area contributed by atoms with Gasteiger partial charge in [0.2, 0.25) is 0 Å². The van der Waals surface area contributed by atoms with Crippen molar-refractivity contribution in [2.45, 2.75) is 33.1 Å². The zero-order chi connectivity index (χ0) is 8.65. The second-order valence-corrected chi connectivity index (χ2v) is 5.06. The summed E-state index contributed by atoms with van der Waals surface area (Å²) in [7, 11) is 0. The quantitative estimate of drug-likeness (QED) is 0.634. The first-order valence-electron chi connectivity index (χ1n) is 3.71. The highest BCUT2D eigenvalue weighted by Gasteiger charge is 2.17. The molecule has 0 amide bonds. The van der Waals surface area contributed by atoms with Gasteiger partial charge in [0.15, 0.2) is 0 Å². The Balaban J connectivity index is 3.08. The maximum absolute atomic E-state index is 9.31. The summed E-state index contributed by atoms with van der Waals surface area (Å²) in [6.07, 6.45) is 0. The second kappa shape index (κ2) is 2.52. The predicted molar refractivity (Wildman–Crippen MR) is 49.4 cm³/mol. The first-order valence-corrected chi connectivity index (χ1v) is 4.53. The van der Waals surface area contributed by atoms with E-state index in [0.29, 0.717) is 5.75 Å². The molecular formula is C9H14OS. The molecule has 0 atom stereocenters. The van der Waals surface area contributed by atoms with E-state index in [9.17, 15) is 5.11 Å². The molecule has 0 saturated carbocycles. The lowest BCUT2D eigenvalue weighted by Gasteiger charge is -2.14. The maximum atomic E-state index is 9.31. The third-order valence-corrected chi connectivity index (χ3v) is 3.10. The summed E-state index contributed by atoms with van der Waals surface area (Å²) >= 11 is 1.67. The summed E-state index contributed by atoms with van der Waals surface area (Å²) in [5, 5.41) is 9.31. The molecule has 62 valence electrons. The number of hydrogen-bond donors (Lipinski definition) is 1. The highest BCUT2D eigenvalue weighted by molar-refractivity contribution is 7.12. The summed E-state index contributed by atoms with van der Waals surface area (Å²) in [4.78, 5) is 2.25. The number of aryl methyl sites for hydroxylation is 1. The van der Waals surface area contributed by atoms with Crippen molar-refractivity contribution in [2.75, 3.05) is 0 Å². The van der Waals surface area contributed by atoms with Gasteiger partial charge in [0.25, 0.3) is 0 Å². The Labute approximate surface area is 71.7 Å². The summed E-state index contributed by atoms with van der Waals surface area (Å²) in [6.45, 7) is 8.39. The Kier molecular flexibility index (Phi) is 1.97. The minimum atomic E-state index is 0.163. The van der Waals surface area contributed by atoms with E-state index in [4.69, 9.17) is 0 Å². The summed E-state index contributed by atoms with van der Waals surface area (Å²) < 4.78 is 0. The Morgan fingerprint density at radius 1 is 1.36 bits per heavy atom. The van der Waals surface area contributed by atoms with Crippen molar-refractivity contribution in [3.05, 3.63) is 15.8 Å². The lowest BCUT2D eigenvalue weighted by atomic mass is 9.95. The molecule has 2 heteroatoms. The summed E-state index contributed by atoms with van der Waals surface area (Å²) in [5.41, 5.74) is 0.163. The molecule has 1 aromatic heterocycles. The minimum Gasteiger partial charge on any atom is -0.507 e. The van der Waals surface area contributed by atoms with Gasteiger partial charge in [0, 0.05) is 9.75 Å². The molecule has 1 nitrogen and oxygen atoms in total. The lowest BCUT2D eigenvalue weighted by molar-refractivity contribution is 0.472. The first kappa shape index (κ1) is 8.60. The number of aromatic hydroxyl groups is 1. The van der Waals surface area contributed by atoms with Crippen LogP contribution >= 0.6 is 11.3 Å². The Bertz CT molecular complexity index is 236. The van der Waals surface area contributed by atoms with Crippen LogP contribution in [0.25, 0.3) is 0 Å². The van der Waals surface area contributed by atoms with Gasteiger partial charge in [-0.15, -0.1) is 11.3 Å². The van der Waals surface area contributed by atoms with E-state index in [1.54, 1.807) is 11.3 Å². The fourth-order valence-electron chi connectivity index (χ4n) is 0.842. The Morgan fingerprint density at radius 2 is 1.91 bits per heavy atom. The molecule has 0 spiro atoms. The van der Waals surface area contributed by atoms with Crippen LogP contribution in [-0.4, -0.2) is 5.11 Å². The molecule has 0 bridgehead atoms. The van der Waals surface area contributed by atoms with Gasteiger partial charge in [-0.3, -0.25) is 0 Å². The van der Waals surface area contributed by atoms with Crippen LogP contribution in [0.5, 0.6) is 5.75 Å². The largest absolute Gasteiger partial charge is 0.507 e. The van der Waals surface area contributed by atoms with E-state index >= 15 is 0 Å². The molecular weight excluding hydrogens is 156 g/mol. The average molecular weight is 170 g/mol. The van der Waals surface area contributed by atoms with Crippen molar-refractivity contribution < 1.29 is 5.11 Å². The summed E-state index contributed by atoms with van der Waals surface area (Å²) in [6, 6.07) is 1.86. The molecule has 0 radical (unpaired) electrons. The molecule has 1 heterocycles. The van der Waals surface area contributed by atoms with Crippen LogP contribution in [0.1, 0.15) is 30.5 Å². The molecule has 0 aliphatic rings. The van der Waals surface area contributed by atoms with Gasteiger partial charge in [0.1, 0.15) is 5.75 Å². The van der Waals surface area contributed by atoms with Crippen LogP contribution in [0.4, 0.5) is 0 Å². The molecule has 0 aromatic carbocycles. The topological polar surface area (TPSA) is 20.2 Å². The molecule has 1 aromatic rings. The van der Waals surface area contributed by atoms with Gasteiger partial charge in [-0.05, 0) is 18.4 Å². The van der Waals surface area contributed by atoms with Gasteiger partial charge in [-0.1, -0.05) is 20.8 Å². The zero-order valence-corrected chi connectivity index (χ0v) is 8.25. The van der Waals surface area contributed by atoms with Crippen molar-refractivity contribution in [1.29, 1.82) is 0 Å². The number of hydrogen-bond acceptors (Lipinski definition) is 2. The molecule has 0 unspecified atom stereocenters. The van der Waals surface area contributed by atoms with Crippen molar-refractivity contribution in [1.82, 2.24) is 0 Å². The van der Waals surface area contributed by atoms with Crippen LogP contribution in [-0.2, 0) is 5.41 Å². The molecule has 0 aliphatic carbocycles. The molecule has 0 aliphatic heterocycles. The average Bonchev–Trinajstić information content (AvgIpc) is 2.11. The van der Waals surface area contributed by atoms with E-state index in [-0.39, 0.29) is 5.41 Å². The van der Waals surface area contributed by atoms with Gasteiger partial charge in [-0.2, -0.15) is 0 Å². The second-order valence-electron chi connectivity index (χ2n) is 3.80. The van der Waals surface area contributed by atoms with E-state index < -0.39 is 0 Å². The van der Waals surface area contributed by atoms with Crippen LogP contribution in [0, 0.1) is 6.92 Å². The SMILES string of the molecule is Cc1sc(C(C)(C)C)cc1O. The monoisotopic (exact) mass is 170 g/mol. The number of thiophene rings is 1. The van der Waals surface area contributed by atoms with Crippen molar-refractivity contribution in [3.8, 4) is 5.75 Å². The third kappa shape index (κ3) is 1.74. The van der Waals surface area contributed by atoms with E-state index in [1.807, 2.05) is 13.0 Å². The highest BCUT2D eigenvalue weighted by Crippen LogP contribution is 2.35. The minimum absolute atomic E-state index is 0.163. The zero-order valence-electron chi connectivity index (χ0n) is 7.43. The molecule has 1 N–H and O–H groups in total. The van der Waals surface area contributed by atoms with Gasteiger partial charge < -0.3 is 5.11 Å². The van der Waals surface area contributed by atoms with Gasteiger partial charge >= 0.3 is 0 Å². The molecule has 0 saturated heterocycles. The predicted octanol–water partition coefficient (Wildman–Crippen LogP) is 3.06. The Morgan fingerprint density at radius 3 is 2.09 bits per heavy atom. The van der Waals surface area contributed by atoms with Crippen LogP contribution in [0.2, 0.25) is 0 Å². The van der Waals surface area contributed by atoms with Gasteiger partial charge in [-0.25, -0.2) is 0 Å². The highest BCUT2D eigenvalue weighted by atomic mass is 32.1. The fourth-order valence-corrected chi connectivity index (χ4v) is 1.81. The van der Waals surface area contributed by atoms with Gasteiger partial charge in [0.05, 0.1) is 0 Å². The molecule has 11 heavy (non-hydrogen) atoms. The van der Waals surface area contributed by atoms with E-state index in [0.717, 1.165) is 4.88 Å². The number of rotatable bonds is 0. The lowest BCUT2D eigenvalue weighted by Crippen LogP contribution is -2.07. The Hall–Kier alpha value is -0.500. The molecule has 1 rings (SSSR count).